The number of unbranched alkanes of at least 4 members (excludes halogenated alkanes) is 1. The van der Waals surface area contributed by atoms with Gasteiger partial charge in [-0.25, -0.2) is 9.59 Å². The summed E-state index contributed by atoms with van der Waals surface area (Å²) in [6.45, 7) is 6.28. The molecule has 0 aliphatic carbocycles. The maximum absolute atomic E-state index is 12.6. The maximum atomic E-state index is 12.6. The fourth-order valence-electron chi connectivity index (χ4n) is 3.42. The van der Waals surface area contributed by atoms with E-state index in [-0.39, 0.29) is 22.6 Å². The second kappa shape index (κ2) is 12.9. The van der Waals surface area contributed by atoms with Crippen molar-refractivity contribution in [2.75, 3.05) is 13.2 Å². The van der Waals surface area contributed by atoms with Crippen LogP contribution in [0.2, 0.25) is 0 Å². The molecule has 0 fully saturated rings. The molecule has 0 aliphatic heterocycles. The molecule has 0 radical (unpaired) electrons. The van der Waals surface area contributed by atoms with Crippen molar-refractivity contribution in [1.82, 2.24) is 0 Å². The molecule has 0 saturated heterocycles. The minimum atomic E-state index is -1.00. The second-order valence-corrected chi connectivity index (χ2v) is 8.03. The lowest BCUT2D eigenvalue weighted by Gasteiger charge is -2.09. The Bertz CT molecular complexity index is 1270. The minimum absolute atomic E-state index is 0.159. The van der Waals surface area contributed by atoms with Crippen LogP contribution in [0.3, 0.4) is 0 Å². The number of nitro benzene ring substituents is 1. The predicted molar refractivity (Wildman–Crippen MR) is 137 cm³/mol. The summed E-state index contributed by atoms with van der Waals surface area (Å²) >= 11 is 0. The van der Waals surface area contributed by atoms with Crippen molar-refractivity contribution in [2.24, 2.45) is 0 Å². The number of carbonyl (C=O) groups excluding carboxylic acids is 1. The predicted octanol–water partition coefficient (Wildman–Crippen LogP) is 6.07. The van der Waals surface area contributed by atoms with Crippen molar-refractivity contribution >= 4 is 17.6 Å². The molecule has 9 heteroatoms. The molecule has 0 heterocycles. The standard InChI is InChI=1S/C28H27NO8/c1-3-35-23-12-7-20(8-13-23)22-11-16-26(25(18-22)29(33)34)37-28(32)21-9-14-24(15-10-21)36-17-5-4-6-19(2)27(30)31/h7-16,18H,2-6,17H2,1H3,(H,30,31). The van der Waals surface area contributed by atoms with E-state index in [9.17, 15) is 19.7 Å². The number of hydrogen-bond donors (Lipinski definition) is 1. The summed E-state index contributed by atoms with van der Waals surface area (Å²) in [5, 5.41) is 20.5. The minimum Gasteiger partial charge on any atom is -0.494 e. The Morgan fingerprint density at radius 2 is 1.54 bits per heavy atom. The zero-order valence-electron chi connectivity index (χ0n) is 20.3. The summed E-state index contributed by atoms with van der Waals surface area (Å²) in [6.07, 6.45) is 1.66. The lowest BCUT2D eigenvalue weighted by Crippen LogP contribution is -2.10. The molecule has 192 valence electrons. The molecule has 0 spiro atoms. The molecule has 0 amide bonds. The average Bonchev–Trinajstić information content (AvgIpc) is 2.89. The molecule has 3 rings (SSSR count). The van der Waals surface area contributed by atoms with Crippen LogP contribution < -0.4 is 14.2 Å². The first-order valence-corrected chi connectivity index (χ1v) is 11.7. The molecule has 0 aromatic heterocycles. The molecule has 0 atom stereocenters. The highest BCUT2D eigenvalue weighted by molar-refractivity contribution is 5.92. The van der Waals surface area contributed by atoms with E-state index in [1.807, 2.05) is 6.92 Å². The lowest BCUT2D eigenvalue weighted by molar-refractivity contribution is -0.385. The molecule has 37 heavy (non-hydrogen) atoms. The molecule has 0 saturated carbocycles. The largest absolute Gasteiger partial charge is 0.494 e. The summed E-state index contributed by atoms with van der Waals surface area (Å²) in [7, 11) is 0. The highest BCUT2D eigenvalue weighted by atomic mass is 16.6. The molecule has 0 bridgehead atoms. The van der Waals surface area contributed by atoms with Gasteiger partial charge in [0.1, 0.15) is 11.5 Å². The third kappa shape index (κ3) is 7.66. The summed E-state index contributed by atoms with van der Waals surface area (Å²) in [5.41, 5.74) is 1.39. The van der Waals surface area contributed by atoms with Gasteiger partial charge in [-0.3, -0.25) is 10.1 Å². The van der Waals surface area contributed by atoms with Crippen molar-refractivity contribution in [3.63, 3.8) is 0 Å². The first-order valence-electron chi connectivity index (χ1n) is 11.7. The van der Waals surface area contributed by atoms with Crippen LogP contribution in [-0.4, -0.2) is 35.2 Å². The van der Waals surface area contributed by atoms with Gasteiger partial charge in [0, 0.05) is 11.6 Å². The average molecular weight is 506 g/mol. The number of benzene rings is 3. The van der Waals surface area contributed by atoms with E-state index in [2.05, 4.69) is 6.58 Å². The van der Waals surface area contributed by atoms with E-state index in [0.29, 0.717) is 49.5 Å². The Labute approximate surface area is 214 Å². The van der Waals surface area contributed by atoms with Crippen LogP contribution in [0.15, 0.2) is 78.9 Å². The highest BCUT2D eigenvalue weighted by Gasteiger charge is 2.20. The Morgan fingerprint density at radius 1 is 0.919 bits per heavy atom. The monoisotopic (exact) mass is 505 g/mol. The van der Waals surface area contributed by atoms with Gasteiger partial charge in [-0.05, 0) is 79.8 Å². The molecule has 9 nitrogen and oxygen atoms in total. The summed E-state index contributed by atoms with van der Waals surface area (Å²) in [6, 6.07) is 17.8. The number of carboxylic acids is 1. The first-order chi connectivity index (χ1) is 17.8. The molecular weight excluding hydrogens is 478 g/mol. The third-order valence-electron chi connectivity index (χ3n) is 5.39. The number of nitro groups is 1. The maximum Gasteiger partial charge on any atom is 0.343 e. The van der Waals surface area contributed by atoms with Crippen molar-refractivity contribution in [2.45, 2.75) is 26.2 Å². The number of carboxylic acid groups (broad SMARTS) is 1. The Hall–Kier alpha value is -4.66. The summed E-state index contributed by atoms with van der Waals surface area (Å²) in [5.74, 6) is -0.676. The Kier molecular flexibility index (Phi) is 9.37. The van der Waals surface area contributed by atoms with Gasteiger partial charge in [0.2, 0.25) is 5.75 Å². The summed E-state index contributed by atoms with van der Waals surface area (Å²) in [4.78, 5) is 34.4. The number of carbonyl (C=O) groups is 2. The number of esters is 1. The molecule has 0 unspecified atom stereocenters. The topological polar surface area (TPSA) is 125 Å². The van der Waals surface area contributed by atoms with Gasteiger partial charge in [-0.1, -0.05) is 24.8 Å². The molecule has 1 N–H and O–H groups in total. The zero-order valence-corrected chi connectivity index (χ0v) is 20.3. The van der Waals surface area contributed by atoms with Crippen LogP contribution >= 0.6 is 0 Å². The fourth-order valence-corrected chi connectivity index (χ4v) is 3.42. The van der Waals surface area contributed by atoms with Gasteiger partial charge >= 0.3 is 17.6 Å². The summed E-state index contributed by atoms with van der Waals surface area (Å²) < 4.78 is 16.4. The third-order valence-corrected chi connectivity index (χ3v) is 5.39. The van der Waals surface area contributed by atoms with Crippen LogP contribution in [0.4, 0.5) is 5.69 Å². The van der Waals surface area contributed by atoms with Crippen LogP contribution in [0.1, 0.15) is 36.5 Å². The fraction of sp³-hybridized carbons (Fsp3) is 0.214. The van der Waals surface area contributed by atoms with Gasteiger partial charge < -0.3 is 19.3 Å². The van der Waals surface area contributed by atoms with Crippen molar-refractivity contribution in [3.05, 3.63) is 94.6 Å². The Balaban J connectivity index is 1.61. The Morgan fingerprint density at radius 3 is 2.16 bits per heavy atom. The quantitative estimate of drug-likeness (QED) is 0.0741. The number of nitrogens with zero attached hydrogens (tertiary/aromatic N) is 1. The molecule has 0 aliphatic rings. The van der Waals surface area contributed by atoms with E-state index in [1.165, 1.54) is 24.3 Å². The lowest BCUT2D eigenvalue weighted by atomic mass is 10.0. The van der Waals surface area contributed by atoms with Crippen LogP contribution in [0.5, 0.6) is 17.2 Å². The number of ether oxygens (including phenoxy) is 3. The van der Waals surface area contributed by atoms with E-state index in [4.69, 9.17) is 19.3 Å². The molecule has 3 aromatic rings. The number of hydrogen-bond acceptors (Lipinski definition) is 7. The van der Waals surface area contributed by atoms with Gasteiger partial charge in [0.15, 0.2) is 0 Å². The van der Waals surface area contributed by atoms with E-state index in [1.54, 1.807) is 42.5 Å². The zero-order chi connectivity index (χ0) is 26.8. The number of rotatable bonds is 13. The smallest absolute Gasteiger partial charge is 0.343 e. The van der Waals surface area contributed by atoms with E-state index >= 15 is 0 Å². The van der Waals surface area contributed by atoms with Crippen molar-refractivity contribution < 1.29 is 33.8 Å². The SMILES string of the molecule is C=C(CCCCOc1ccc(C(=O)Oc2ccc(-c3ccc(OCC)cc3)cc2[N+](=O)[O-])cc1)C(=O)O. The van der Waals surface area contributed by atoms with Crippen LogP contribution in [-0.2, 0) is 4.79 Å². The van der Waals surface area contributed by atoms with Gasteiger partial charge in [0.05, 0.1) is 23.7 Å². The van der Waals surface area contributed by atoms with Crippen LogP contribution in [0, 0.1) is 10.1 Å². The molecule has 3 aromatic carbocycles. The van der Waals surface area contributed by atoms with Crippen LogP contribution in [0.25, 0.3) is 11.1 Å². The normalized spacial score (nSPS) is 10.4. The molecular formula is C28H27NO8. The van der Waals surface area contributed by atoms with E-state index in [0.717, 1.165) is 5.56 Å². The first kappa shape index (κ1) is 26.9. The number of aliphatic carboxylic acids is 1. The highest BCUT2D eigenvalue weighted by Crippen LogP contribution is 2.33. The van der Waals surface area contributed by atoms with Gasteiger partial charge in [-0.15, -0.1) is 0 Å². The van der Waals surface area contributed by atoms with Gasteiger partial charge in [0.25, 0.3) is 0 Å². The van der Waals surface area contributed by atoms with E-state index < -0.39 is 16.9 Å². The second-order valence-electron chi connectivity index (χ2n) is 8.03. The van der Waals surface area contributed by atoms with Crippen molar-refractivity contribution in [3.8, 4) is 28.4 Å². The van der Waals surface area contributed by atoms with Gasteiger partial charge in [-0.2, -0.15) is 0 Å². The van der Waals surface area contributed by atoms with Crippen molar-refractivity contribution in [1.29, 1.82) is 0 Å².